The lowest BCUT2D eigenvalue weighted by atomic mass is 9.94. The summed E-state index contributed by atoms with van der Waals surface area (Å²) in [4.78, 5) is 2.23. The number of hydrogen-bond donors (Lipinski definition) is 2. The minimum Gasteiger partial charge on any atom is -0.489 e. The van der Waals surface area contributed by atoms with Gasteiger partial charge in [0.25, 0.3) is 0 Å². The normalized spacial score (nSPS) is 24.2. The lowest BCUT2D eigenvalue weighted by Gasteiger charge is -2.38. The molecular formula is C17H26ClNO3. The smallest absolute Gasteiger partial charge is 0.138 e. The van der Waals surface area contributed by atoms with Crippen LogP contribution in [0.15, 0.2) is 18.2 Å². The van der Waals surface area contributed by atoms with Crippen LogP contribution in [0.1, 0.15) is 25.3 Å². The summed E-state index contributed by atoms with van der Waals surface area (Å²) < 4.78 is 5.65. The first-order chi connectivity index (χ1) is 10.5. The predicted octanol–water partition coefficient (Wildman–Crippen LogP) is 2.48. The lowest BCUT2D eigenvalue weighted by molar-refractivity contribution is 0.0210. The second-order valence-electron chi connectivity index (χ2n) is 6.33. The van der Waals surface area contributed by atoms with Gasteiger partial charge in [0.05, 0.1) is 5.02 Å². The Balaban J connectivity index is 1.84. The minimum absolute atomic E-state index is 0.217. The summed E-state index contributed by atoms with van der Waals surface area (Å²) in [5, 5.41) is 20.1. The predicted molar refractivity (Wildman–Crippen MR) is 88.5 cm³/mol. The van der Waals surface area contributed by atoms with Gasteiger partial charge in [0.1, 0.15) is 18.5 Å². The van der Waals surface area contributed by atoms with Crippen molar-refractivity contribution in [3.05, 3.63) is 28.8 Å². The van der Waals surface area contributed by atoms with Crippen molar-refractivity contribution in [1.29, 1.82) is 0 Å². The molecule has 1 fully saturated rings. The van der Waals surface area contributed by atoms with Crippen LogP contribution in [0.25, 0.3) is 0 Å². The molecule has 0 spiro atoms. The van der Waals surface area contributed by atoms with Gasteiger partial charge in [-0.3, -0.25) is 4.90 Å². The Morgan fingerprint density at radius 2 is 2.18 bits per heavy atom. The Labute approximate surface area is 137 Å². The maximum absolute atomic E-state index is 10.2. The molecule has 2 N–H and O–H groups in total. The Morgan fingerprint density at radius 3 is 2.91 bits per heavy atom. The third kappa shape index (κ3) is 4.85. The molecule has 1 aromatic carbocycles. The zero-order valence-electron chi connectivity index (χ0n) is 13.3. The van der Waals surface area contributed by atoms with Crippen molar-refractivity contribution in [3.8, 4) is 5.75 Å². The second-order valence-corrected chi connectivity index (χ2v) is 6.73. The molecule has 2 rings (SSSR count). The van der Waals surface area contributed by atoms with Crippen LogP contribution in [-0.4, -0.2) is 53.6 Å². The summed E-state index contributed by atoms with van der Waals surface area (Å²) in [6.45, 7) is 5.97. The number of ether oxygens (including phenoxy) is 1. The Morgan fingerprint density at radius 1 is 1.41 bits per heavy atom. The average molecular weight is 328 g/mol. The highest BCUT2D eigenvalue weighted by molar-refractivity contribution is 6.32. The fourth-order valence-electron chi connectivity index (χ4n) is 2.90. The number of likely N-dealkylation sites (tertiary alicyclic amines) is 1. The largest absolute Gasteiger partial charge is 0.489 e. The van der Waals surface area contributed by atoms with Crippen molar-refractivity contribution in [1.82, 2.24) is 4.90 Å². The van der Waals surface area contributed by atoms with E-state index in [9.17, 15) is 10.2 Å². The molecule has 3 atom stereocenters. The summed E-state index contributed by atoms with van der Waals surface area (Å²) in [5.41, 5.74) is 1.07. The van der Waals surface area contributed by atoms with Gasteiger partial charge in [-0.15, -0.1) is 0 Å². The van der Waals surface area contributed by atoms with E-state index < -0.39 is 6.10 Å². The molecule has 1 saturated heterocycles. The quantitative estimate of drug-likeness (QED) is 0.843. The number of hydrogen-bond acceptors (Lipinski definition) is 4. The lowest BCUT2D eigenvalue weighted by Crippen LogP contribution is -2.47. The topological polar surface area (TPSA) is 52.9 Å². The molecule has 0 unspecified atom stereocenters. The van der Waals surface area contributed by atoms with E-state index in [1.165, 1.54) is 0 Å². The molecule has 0 radical (unpaired) electrons. The van der Waals surface area contributed by atoms with Crippen LogP contribution >= 0.6 is 11.6 Å². The van der Waals surface area contributed by atoms with E-state index in [2.05, 4.69) is 11.8 Å². The molecule has 0 aromatic heterocycles. The maximum atomic E-state index is 10.2. The van der Waals surface area contributed by atoms with Gasteiger partial charge < -0.3 is 14.9 Å². The highest BCUT2D eigenvalue weighted by Gasteiger charge is 2.26. The Kier molecular flexibility index (Phi) is 6.50. The van der Waals surface area contributed by atoms with Crippen molar-refractivity contribution in [3.63, 3.8) is 0 Å². The SMILES string of the molecule is Cc1ccc(Cl)c(OC[C@H](O)CN2C[C@@H](CO)CC[C@@H]2C)c1. The van der Waals surface area contributed by atoms with Gasteiger partial charge in [-0.05, 0) is 50.3 Å². The molecule has 0 bridgehead atoms. The number of aliphatic hydroxyl groups excluding tert-OH is 2. The summed E-state index contributed by atoms with van der Waals surface area (Å²) in [6, 6.07) is 6.04. The maximum Gasteiger partial charge on any atom is 0.138 e. The van der Waals surface area contributed by atoms with Gasteiger partial charge in [0.2, 0.25) is 0 Å². The molecule has 1 aliphatic rings. The fraction of sp³-hybridized carbons (Fsp3) is 0.647. The monoisotopic (exact) mass is 327 g/mol. The van der Waals surface area contributed by atoms with Crippen LogP contribution < -0.4 is 4.74 Å². The number of halogens is 1. The molecule has 4 nitrogen and oxygen atoms in total. The van der Waals surface area contributed by atoms with Crippen LogP contribution in [0.2, 0.25) is 5.02 Å². The van der Waals surface area contributed by atoms with Gasteiger partial charge in [0.15, 0.2) is 0 Å². The molecule has 1 aromatic rings. The first kappa shape index (κ1) is 17.5. The molecule has 0 amide bonds. The first-order valence-corrected chi connectivity index (χ1v) is 8.29. The third-order valence-electron chi connectivity index (χ3n) is 4.33. The van der Waals surface area contributed by atoms with Gasteiger partial charge in [0, 0.05) is 25.7 Å². The molecule has 1 heterocycles. The molecule has 0 saturated carbocycles. The molecule has 0 aliphatic carbocycles. The van der Waals surface area contributed by atoms with E-state index in [1.807, 2.05) is 19.1 Å². The fourth-order valence-corrected chi connectivity index (χ4v) is 3.07. The Bertz CT molecular complexity index is 483. The average Bonchev–Trinajstić information content (AvgIpc) is 2.50. The summed E-state index contributed by atoms with van der Waals surface area (Å²) in [7, 11) is 0. The van der Waals surface area contributed by atoms with E-state index in [0.29, 0.717) is 29.3 Å². The number of benzene rings is 1. The van der Waals surface area contributed by atoms with Crippen molar-refractivity contribution in [2.45, 2.75) is 38.8 Å². The summed E-state index contributed by atoms with van der Waals surface area (Å²) >= 11 is 6.09. The second kappa shape index (κ2) is 8.16. The van der Waals surface area contributed by atoms with Gasteiger partial charge in [-0.25, -0.2) is 0 Å². The summed E-state index contributed by atoms with van der Waals surface area (Å²) in [5.74, 6) is 0.927. The minimum atomic E-state index is -0.573. The molecular weight excluding hydrogens is 302 g/mol. The zero-order valence-corrected chi connectivity index (χ0v) is 14.1. The standard InChI is InChI=1S/C17H26ClNO3/c1-12-3-6-16(18)17(7-12)22-11-15(21)9-19-8-14(10-20)5-4-13(19)2/h3,6-7,13-15,20-21H,4-5,8-11H2,1-2H3/t13-,14-,15+/m0/s1. The van der Waals surface area contributed by atoms with Crippen LogP contribution in [0.3, 0.4) is 0 Å². The Hall–Kier alpha value is -0.810. The molecule has 5 heteroatoms. The van der Waals surface area contributed by atoms with E-state index in [4.69, 9.17) is 16.3 Å². The van der Waals surface area contributed by atoms with E-state index in [0.717, 1.165) is 24.9 Å². The number of nitrogens with zero attached hydrogens (tertiary/aromatic N) is 1. The van der Waals surface area contributed by atoms with Gasteiger partial charge in [-0.1, -0.05) is 17.7 Å². The van der Waals surface area contributed by atoms with Crippen molar-refractivity contribution >= 4 is 11.6 Å². The number of piperidine rings is 1. The van der Waals surface area contributed by atoms with Crippen molar-refractivity contribution in [2.75, 3.05) is 26.3 Å². The van der Waals surface area contributed by atoms with Crippen LogP contribution in [0.4, 0.5) is 0 Å². The number of rotatable bonds is 6. The molecule has 22 heavy (non-hydrogen) atoms. The van der Waals surface area contributed by atoms with Crippen LogP contribution in [-0.2, 0) is 0 Å². The number of aryl methyl sites for hydroxylation is 1. The number of β-amino-alcohol motifs (C(OH)–C–C–N with tert-alkyl or cyclic N) is 1. The molecule has 1 aliphatic heterocycles. The van der Waals surface area contributed by atoms with Gasteiger partial charge in [-0.2, -0.15) is 0 Å². The highest BCUT2D eigenvalue weighted by Crippen LogP contribution is 2.26. The van der Waals surface area contributed by atoms with Crippen LogP contribution in [0, 0.1) is 12.8 Å². The van der Waals surface area contributed by atoms with E-state index in [1.54, 1.807) is 6.07 Å². The molecule has 124 valence electrons. The third-order valence-corrected chi connectivity index (χ3v) is 4.64. The first-order valence-electron chi connectivity index (χ1n) is 7.91. The van der Waals surface area contributed by atoms with Crippen LogP contribution in [0.5, 0.6) is 5.75 Å². The zero-order chi connectivity index (χ0) is 16.1. The van der Waals surface area contributed by atoms with Gasteiger partial charge >= 0.3 is 0 Å². The van der Waals surface area contributed by atoms with Crippen molar-refractivity contribution in [2.24, 2.45) is 5.92 Å². The van der Waals surface area contributed by atoms with E-state index >= 15 is 0 Å². The summed E-state index contributed by atoms with van der Waals surface area (Å²) in [6.07, 6.45) is 1.54. The highest BCUT2D eigenvalue weighted by atomic mass is 35.5. The number of aliphatic hydroxyl groups is 2. The van der Waals surface area contributed by atoms with E-state index in [-0.39, 0.29) is 13.2 Å². The van der Waals surface area contributed by atoms with Crippen molar-refractivity contribution < 1.29 is 14.9 Å².